The number of aliphatic hydroxyl groups is 1. The standard InChI is InChI=1S/C42H63NO4/c1-25(2)35-31(44)22-42(34(45)24-43-23-26-8-9-26)21-20-40(6)30(36(35)42)14-15-33-39(5)18-16-29(27-10-12-28(13-11-27)37(46)47)38(3,4)32(39)17-19-41(33,40)7/h10,16,25-26,28,30,32-34,43,45H,8-9,11-15,17-24H2,1-7H3,(H,46,47)/t28?,30-,32+,33-,34+,39+,40-,41-,42+/m1/s1. The van der Waals surface area contributed by atoms with Gasteiger partial charge >= 0.3 is 5.97 Å². The normalized spacial score (nSPS) is 43.4. The van der Waals surface area contributed by atoms with Crippen LogP contribution in [-0.4, -0.2) is 41.2 Å². The Kier molecular flexibility index (Phi) is 8.19. The number of hydrogen-bond acceptors (Lipinski definition) is 4. The predicted molar refractivity (Wildman–Crippen MR) is 188 cm³/mol. The molecule has 0 radical (unpaired) electrons. The summed E-state index contributed by atoms with van der Waals surface area (Å²) in [7, 11) is 0. The number of carbonyl (C=O) groups excluding carboxylic acids is 1. The number of carboxylic acids is 1. The minimum Gasteiger partial charge on any atom is -0.481 e. The van der Waals surface area contributed by atoms with E-state index >= 15 is 0 Å². The van der Waals surface area contributed by atoms with Gasteiger partial charge in [0.05, 0.1) is 12.0 Å². The molecule has 4 saturated carbocycles. The fourth-order valence-corrected chi connectivity index (χ4v) is 13.5. The number of aliphatic carboxylic acids is 1. The molecule has 0 bridgehead atoms. The summed E-state index contributed by atoms with van der Waals surface area (Å²) in [6, 6.07) is 0. The van der Waals surface area contributed by atoms with Crippen LogP contribution in [-0.2, 0) is 9.59 Å². The van der Waals surface area contributed by atoms with E-state index in [1.54, 1.807) is 0 Å². The second kappa shape index (κ2) is 11.4. The first kappa shape index (κ1) is 33.8. The molecule has 7 rings (SSSR count). The summed E-state index contributed by atoms with van der Waals surface area (Å²) in [6.45, 7) is 18.8. The molecule has 3 N–H and O–H groups in total. The van der Waals surface area contributed by atoms with Gasteiger partial charge in [-0.2, -0.15) is 0 Å². The highest BCUT2D eigenvalue weighted by Crippen LogP contribution is 2.77. The van der Waals surface area contributed by atoms with Crippen LogP contribution in [0.3, 0.4) is 0 Å². The van der Waals surface area contributed by atoms with Crippen LogP contribution in [0.4, 0.5) is 0 Å². The van der Waals surface area contributed by atoms with Crippen LogP contribution in [0.25, 0.3) is 0 Å². The predicted octanol–water partition coefficient (Wildman–Crippen LogP) is 8.68. The van der Waals surface area contributed by atoms with E-state index in [0.29, 0.717) is 42.9 Å². The maximum Gasteiger partial charge on any atom is 0.306 e. The molecule has 1 unspecified atom stereocenters. The molecular formula is C42H63NO4. The summed E-state index contributed by atoms with van der Waals surface area (Å²) >= 11 is 0. The Labute approximate surface area is 284 Å². The molecule has 0 spiro atoms. The van der Waals surface area contributed by atoms with E-state index in [0.717, 1.165) is 56.6 Å². The van der Waals surface area contributed by atoms with Gasteiger partial charge in [0.15, 0.2) is 5.78 Å². The number of carboxylic acid groups (broad SMARTS) is 1. The largest absolute Gasteiger partial charge is 0.481 e. The Hall–Kier alpha value is -1.72. The first-order chi connectivity index (χ1) is 22.1. The zero-order valence-electron chi connectivity index (χ0n) is 30.5. The van der Waals surface area contributed by atoms with Gasteiger partial charge < -0.3 is 15.5 Å². The molecule has 4 fully saturated rings. The minimum atomic E-state index is -0.654. The average molecular weight is 646 g/mol. The highest BCUT2D eigenvalue weighted by molar-refractivity contribution is 6.00. The van der Waals surface area contributed by atoms with E-state index in [1.165, 1.54) is 48.8 Å². The highest BCUT2D eigenvalue weighted by Gasteiger charge is 2.70. The molecule has 0 aromatic rings. The van der Waals surface area contributed by atoms with Crippen molar-refractivity contribution in [1.29, 1.82) is 0 Å². The van der Waals surface area contributed by atoms with E-state index in [-0.39, 0.29) is 33.5 Å². The van der Waals surface area contributed by atoms with Crippen molar-refractivity contribution in [1.82, 2.24) is 5.32 Å². The van der Waals surface area contributed by atoms with Crippen molar-refractivity contribution in [3.63, 3.8) is 0 Å². The Morgan fingerprint density at radius 1 is 0.936 bits per heavy atom. The Morgan fingerprint density at radius 3 is 2.32 bits per heavy atom. The number of ketones is 1. The smallest absolute Gasteiger partial charge is 0.306 e. The zero-order chi connectivity index (χ0) is 33.7. The maximum absolute atomic E-state index is 13.9. The van der Waals surface area contributed by atoms with Crippen molar-refractivity contribution in [2.24, 2.45) is 62.6 Å². The molecule has 0 aromatic carbocycles. The number of allylic oxidation sites excluding steroid dienone is 5. The van der Waals surface area contributed by atoms with E-state index in [4.69, 9.17) is 0 Å². The number of hydrogen-bond donors (Lipinski definition) is 3. The van der Waals surface area contributed by atoms with Gasteiger partial charge in [-0.1, -0.05) is 66.2 Å². The van der Waals surface area contributed by atoms with Gasteiger partial charge in [-0.3, -0.25) is 9.59 Å². The van der Waals surface area contributed by atoms with Crippen molar-refractivity contribution in [3.8, 4) is 0 Å². The summed E-state index contributed by atoms with van der Waals surface area (Å²) in [4.78, 5) is 25.6. The van der Waals surface area contributed by atoms with Crippen LogP contribution in [0.1, 0.15) is 132 Å². The molecule has 0 saturated heterocycles. The van der Waals surface area contributed by atoms with Gasteiger partial charge in [0.2, 0.25) is 0 Å². The number of Topliss-reactive ketones (excluding diaryl/α,β-unsaturated/α-hetero) is 1. The van der Waals surface area contributed by atoms with Crippen LogP contribution in [0.5, 0.6) is 0 Å². The molecule has 260 valence electrons. The molecular weight excluding hydrogens is 582 g/mol. The van der Waals surface area contributed by atoms with Gasteiger partial charge in [-0.05, 0) is 152 Å². The van der Waals surface area contributed by atoms with Crippen molar-refractivity contribution < 1.29 is 19.8 Å². The fraction of sp³-hybridized carbons (Fsp3) is 0.810. The lowest BCUT2D eigenvalue weighted by Crippen LogP contribution is -2.65. The molecule has 5 heteroatoms. The Morgan fingerprint density at radius 2 is 1.68 bits per heavy atom. The molecule has 7 aliphatic rings. The topological polar surface area (TPSA) is 86.6 Å². The van der Waals surface area contributed by atoms with Gasteiger partial charge in [0, 0.05) is 18.4 Å². The molecule has 0 aromatic heterocycles. The molecule has 7 aliphatic carbocycles. The number of carbonyl (C=O) groups is 2. The van der Waals surface area contributed by atoms with Crippen LogP contribution in [0, 0.1) is 62.6 Å². The van der Waals surface area contributed by atoms with Gasteiger partial charge in [0.25, 0.3) is 0 Å². The lowest BCUT2D eigenvalue weighted by molar-refractivity contribution is -0.202. The third-order valence-corrected chi connectivity index (χ3v) is 16.3. The number of aliphatic hydroxyl groups excluding tert-OH is 1. The quantitative estimate of drug-likeness (QED) is 0.246. The SMILES string of the molecule is CC(C)C1=C2[C@H]3CC[C@@H]4[C@@]5(C)CC=C(C6=CCC(C(=O)O)CC6)C(C)(C)[C@@H]5CC[C@@]4(C)[C@]3(C)CC[C@@]2([C@@H](O)CNCC2CC2)CC1=O. The lowest BCUT2D eigenvalue weighted by Gasteiger charge is -2.71. The molecule has 0 amide bonds. The average Bonchev–Trinajstić information content (AvgIpc) is 3.77. The van der Waals surface area contributed by atoms with Crippen LogP contribution < -0.4 is 5.32 Å². The van der Waals surface area contributed by atoms with Crippen LogP contribution in [0.15, 0.2) is 34.4 Å². The monoisotopic (exact) mass is 645 g/mol. The number of nitrogens with one attached hydrogen (secondary N) is 1. The van der Waals surface area contributed by atoms with E-state index in [1.807, 2.05) is 0 Å². The van der Waals surface area contributed by atoms with Crippen LogP contribution >= 0.6 is 0 Å². The first-order valence-electron chi connectivity index (χ1n) is 19.4. The van der Waals surface area contributed by atoms with Crippen LogP contribution in [0.2, 0.25) is 0 Å². The zero-order valence-corrected chi connectivity index (χ0v) is 30.5. The van der Waals surface area contributed by atoms with E-state index in [9.17, 15) is 19.8 Å². The molecule has 5 nitrogen and oxygen atoms in total. The second-order valence-electron chi connectivity index (χ2n) is 19.1. The number of fused-ring (bicyclic) bond motifs is 7. The first-order valence-corrected chi connectivity index (χ1v) is 19.4. The van der Waals surface area contributed by atoms with E-state index < -0.39 is 17.5 Å². The summed E-state index contributed by atoms with van der Waals surface area (Å²) < 4.78 is 0. The van der Waals surface area contributed by atoms with Gasteiger partial charge in [0.1, 0.15) is 0 Å². The highest BCUT2D eigenvalue weighted by atomic mass is 16.4. The lowest BCUT2D eigenvalue weighted by atomic mass is 9.33. The summed E-state index contributed by atoms with van der Waals surface area (Å²) in [6.07, 6.45) is 17.6. The van der Waals surface area contributed by atoms with Crippen molar-refractivity contribution in [2.75, 3.05) is 13.1 Å². The second-order valence-corrected chi connectivity index (χ2v) is 19.1. The molecule has 0 aliphatic heterocycles. The molecule has 47 heavy (non-hydrogen) atoms. The Bertz CT molecular complexity index is 1410. The third kappa shape index (κ3) is 4.89. The molecule has 0 heterocycles. The summed E-state index contributed by atoms with van der Waals surface area (Å²) in [5.41, 5.74) is 5.48. The summed E-state index contributed by atoms with van der Waals surface area (Å²) in [5.74, 6) is 1.94. The Balaban J connectivity index is 1.21. The van der Waals surface area contributed by atoms with Gasteiger partial charge in [-0.15, -0.1) is 0 Å². The molecule has 9 atom stereocenters. The number of rotatable bonds is 8. The third-order valence-electron chi connectivity index (χ3n) is 16.3. The maximum atomic E-state index is 13.9. The fourth-order valence-electron chi connectivity index (χ4n) is 13.5. The van der Waals surface area contributed by atoms with Crippen molar-refractivity contribution >= 4 is 11.8 Å². The van der Waals surface area contributed by atoms with E-state index in [2.05, 4.69) is 65.9 Å². The van der Waals surface area contributed by atoms with Crippen molar-refractivity contribution in [2.45, 2.75) is 138 Å². The van der Waals surface area contributed by atoms with Gasteiger partial charge in [-0.25, -0.2) is 0 Å². The van der Waals surface area contributed by atoms with Crippen molar-refractivity contribution in [3.05, 3.63) is 34.4 Å². The minimum absolute atomic E-state index is 0.0541. The summed E-state index contributed by atoms with van der Waals surface area (Å²) in [5, 5.41) is 25.2.